The van der Waals surface area contributed by atoms with Crippen LogP contribution in [0, 0.1) is 0 Å². The number of carbonyl (C=O) groups excluding carboxylic acids is 2. The number of methoxy groups -OCH3 is 2. The normalized spacial score (nSPS) is 10.9. The Labute approximate surface area is 156 Å². The minimum atomic E-state index is -0.649. The van der Waals surface area contributed by atoms with Crippen molar-refractivity contribution in [1.29, 1.82) is 0 Å². The summed E-state index contributed by atoms with van der Waals surface area (Å²) in [6, 6.07) is 13.4. The summed E-state index contributed by atoms with van der Waals surface area (Å²) in [5.74, 6) is -0.372. The van der Waals surface area contributed by atoms with Crippen LogP contribution in [0.4, 0.5) is 5.69 Å². The largest absolute Gasteiger partial charge is 0.466 e. The Kier molecular flexibility index (Phi) is 7.70. The molecule has 1 aromatic heterocycles. The zero-order valence-corrected chi connectivity index (χ0v) is 15.4. The highest BCUT2D eigenvalue weighted by Gasteiger charge is 2.12. The molecule has 1 aromatic carbocycles. The molecule has 2 aromatic rings. The number of aryl methyl sites for hydroxylation is 1. The molecular formula is C19H20N2O4S. The van der Waals surface area contributed by atoms with Crippen molar-refractivity contribution in [2.24, 2.45) is 0 Å². The van der Waals surface area contributed by atoms with Crippen LogP contribution >= 0.6 is 11.8 Å². The van der Waals surface area contributed by atoms with Crippen LogP contribution in [0.3, 0.4) is 0 Å². The number of carbonyl (C=O) groups is 2. The van der Waals surface area contributed by atoms with Gasteiger partial charge in [-0.05, 0) is 42.8 Å². The molecule has 1 N–H and O–H groups in total. The zero-order valence-electron chi connectivity index (χ0n) is 14.6. The molecule has 136 valence electrons. The molecule has 1 heterocycles. The molecule has 2 rings (SSSR count). The first-order valence-corrected chi connectivity index (χ1v) is 8.88. The molecule has 0 radical (unpaired) electrons. The summed E-state index contributed by atoms with van der Waals surface area (Å²) in [5, 5.41) is 2.87. The van der Waals surface area contributed by atoms with Gasteiger partial charge in [-0.1, -0.05) is 6.07 Å². The summed E-state index contributed by atoms with van der Waals surface area (Å²) in [6.07, 6.45) is 3.74. The molecule has 7 heteroatoms. The Morgan fingerprint density at radius 2 is 1.88 bits per heavy atom. The maximum Gasteiger partial charge on any atom is 0.354 e. The van der Waals surface area contributed by atoms with Crippen molar-refractivity contribution in [2.75, 3.05) is 25.3 Å². The minimum Gasteiger partial charge on any atom is -0.466 e. The monoisotopic (exact) mass is 372 g/mol. The number of esters is 2. The predicted molar refractivity (Wildman–Crippen MR) is 101 cm³/mol. The lowest BCUT2D eigenvalue weighted by Gasteiger charge is -2.09. The maximum atomic E-state index is 11.7. The highest BCUT2D eigenvalue weighted by Crippen LogP contribution is 2.22. The number of anilines is 1. The van der Waals surface area contributed by atoms with Gasteiger partial charge in [0.2, 0.25) is 0 Å². The predicted octanol–water partition coefficient (Wildman–Crippen LogP) is 3.06. The van der Waals surface area contributed by atoms with Gasteiger partial charge in [0.15, 0.2) is 0 Å². The molecule has 0 aliphatic heterocycles. The molecule has 0 amide bonds. The standard InChI is InChI=1S/C19H20N2O4S/c1-24-18(22)13-17(19(23)25-2)21-15-6-8-16(9-7-15)26-12-10-14-5-3-4-11-20-14/h3-9,11,13,21H,10,12H2,1-2H3/b17-13+. The molecule has 0 fully saturated rings. The van der Waals surface area contributed by atoms with E-state index in [1.54, 1.807) is 18.0 Å². The SMILES string of the molecule is COC(=O)/C=C(/Nc1ccc(SCCc2ccccn2)cc1)C(=O)OC. The highest BCUT2D eigenvalue weighted by molar-refractivity contribution is 7.99. The lowest BCUT2D eigenvalue weighted by Crippen LogP contribution is -2.15. The van der Waals surface area contributed by atoms with E-state index >= 15 is 0 Å². The number of rotatable bonds is 8. The van der Waals surface area contributed by atoms with Crippen LogP contribution in [0.1, 0.15) is 5.69 Å². The van der Waals surface area contributed by atoms with E-state index < -0.39 is 11.9 Å². The summed E-state index contributed by atoms with van der Waals surface area (Å²) < 4.78 is 9.20. The molecule has 0 bridgehead atoms. The summed E-state index contributed by atoms with van der Waals surface area (Å²) in [7, 11) is 2.49. The van der Waals surface area contributed by atoms with E-state index in [1.807, 2.05) is 42.5 Å². The highest BCUT2D eigenvalue weighted by atomic mass is 32.2. The lowest BCUT2D eigenvalue weighted by molar-refractivity contribution is -0.138. The first-order chi connectivity index (χ1) is 12.6. The number of nitrogens with one attached hydrogen (secondary N) is 1. The van der Waals surface area contributed by atoms with Crippen molar-refractivity contribution in [3.05, 3.63) is 66.1 Å². The number of benzene rings is 1. The molecule has 0 atom stereocenters. The topological polar surface area (TPSA) is 77.5 Å². The third-order valence-electron chi connectivity index (χ3n) is 3.36. The summed E-state index contributed by atoms with van der Waals surface area (Å²) in [4.78, 5) is 28.5. The van der Waals surface area contributed by atoms with E-state index in [0.29, 0.717) is 5.69 Å². The van der Waals surface area contributed by atoms with Crippen LogP contribution in [-0.4, -0.2) is 36.9 Å². The molecule has 0 aliphatic rings. The molecule has 0 aliphatic carbocycles. The fraction of sp³-hybridized carbons (Fsp3) is 0.211. The van der Waals surface area contributed by atoms with E-state index in [4.69, 9.17) is 0 Å². The number of pyridine rings is 1. The summed E-state index contributed by atoms with van der Waals surface area (Å²) >= 11 is 1.72. The van der Waals surface area contributed by atoms with E-state index in [1.165, 1.54) is 14.2 Å². The van der Waals surface area contributed by atoms with Gasteiger partial charge in [0.25, 0.3) is 0 Å². The minimum absolute atomic E-state index is 0.00917. The molecular weight excluding hydrogens is 352 g/mol. The van der Waals surface area contributed by atoms with E-state index in [2.05, 4.69) is 19.8 Å². The van der Waals surface area contributed by atoms with Crippen LogP contribution in [0.5, 0.6) is 0 Å². The Morgan fingerprint density at radius 1 is 1.12 bits per heavy atom. The molecule has 6 nitrogen and oxygen atoms in total. The number of thioether (sulfide) groups is 1. The number of ether oxygens (including phenoxy) is 2. The fourth-order valence-electron chi connectivity index (χ4n) is 2.04. The third kappa shape index (κ3) is 6.25. The number of aromatic nitrogens is 1. The van der Waals surface area contributed by atoms with Gasteiger partial charge in [0, 0.05) is 28.2 Å². The number of hydrogen-bond acceptors (Lipinski definition) is 7. The zero-order chi connectivity index (χ0) is 18.8. The molecule has 0 unspecified atom stereocenters. The second kappa shape index (κ2) is 10.2. The van der Waals surface area contributed by atoms with Gasteiger partial charge in [-0.3, -0.25) is 4.98 Å². The first kappa shape index (κ1) is 19.5. The van der Waals surface area contributed by atoms with Crippen molar-refractivity contribution >= 4 is 29.4 Å². The Balaban J connectivity index is 1.94. The Hall–Kier alpha value is -2.80. The van der Waals surface area contributed by atoms with Crippen LogP contribution in [-0.2, 0) is 25.5 Å². The smallest absolute Gasteiger partial charge is 0.354 e. The second-order valence-electron chi connectivity index (χ2n) is 5.14. The molecule has 0 saturated heterocycles. The van der Waals surface area contributed by atoms with E-state index in [-0.39, 0.29) is 5.70 Å². The third-order valence-corrected chi connectivity index (χ3v) is 4.37. The van der Waals surface area contributed by atoms with Crippen LogP contribution in [0.2, 0.25) is 0 Å². The van der Waals surface area contributed by atoms with Crippen LogP contribution < -0.4 is 5.32 Å². The van der Waals surface area contributed by atoms with Crippen molar-refractivity contribution in [2.45, 2.75) is 11.3 Å². The number of hydrogen-bond donors (Lipinski definition) is 1. The average molecular weight is 372 g/mol. The molecule has 0 spiro atoms. The maximum absolute atomic E-state index is 11.7. The molecule has 0 saturated carbocycles. The van der Waals surface area contributed by atoms with E-state index in [0.717, 1.165) is 28.8 Å². The quantitative estimate of drug-likeness (QED) is 0.433. The molecule has 26 heavy (non-hydrogen) atoms. The van der Waals surface area contributed by atoms with Crippen molar-refractivity contribution < 1.29 is 19.1 Å². The first-order valence-electron chi connectivity index (χ1n) is 7.90. The van der Waals surface area contributed by atoms with Crippen molar-refractivity contribution in [3.8, 4) is 0 Å². The summed E-state index contributed by atoms with van der Waals surface area (Å²) in [6.45, 7) is 0. The van der Waals surface area contributed by atoms with Crippen molar-refractivity contribution in [1.82, 2.24) is 4.98 Å². The van der Waals surface area contributed by atoms with E-state index in [9.17, 15) is 9.59 Å². The second-order valence-corrected chi connectivity index (χ2v) is 6.31. The van der Waals surface area contributed by atoms with Gasteiger partial charge in [-0.25, -0.2) is 9.59 Å². The van der Waals surface area contributed by atoms with Gasteiger partial charge in [0.05, 0.1) is 20.3 Å². The van der Waals surface area contributed by atoms with Gasteiger partial charge >= 0.3 is 11.9 Å². The fourth-order valence-corrected chi connectivity index (χ4v) is 2.92. The Bertz CT molecular complexity index is 761. The average Bonchev–Trinajstić information content (AvgIpc) is 2.68. The van der Waals surface area contributed by atoms with Crippen molar-refractivity contribution in [3.63, 3.8) is 0 Å². The van der Waals surface area contributed by atoms with Gasteiger partial charge in [0.1, 0.15) is 5.70 Å². The van der Waals surface area contributed by atoms with Gasteiger partial charge in [-0.2, -0.15) is 0 Å². The van der Waals surface area contributed by atoms with Gasteiger partial charge < -0.3 is 14.8 Å². The Morgan fingerprint density at radius 3 is 2.50 bits per heavy atom. The van der Waals surface area contributed by atoms with Crippen LogP contribution in [0.15, 0.2) is 65.3 Å². The number of nitrogens with zero attached hydrogens (tertiary/aromatic N) is 1. The van der Waals surface area contributed by atoms with Gasteiger partial charge in [-0.15, -0.1) is 11.8 Å². The lowest BCUT2D eigenvalue weighted by atomic mass is 10.3. The summed E-state index contributed by atoms with van der Waals surface area (Å²) in [5.41, 5.74) is 1.74. The van der Waals surface area contributed by atoms with Crippen LogP contribution in [0.25, 0.3) is 0 Å².